The SMILES string of the molecule is COC1CC(CO)C(OC2CC(CO)C(C)C(C)O2)C(C)O1. The lowest BCUT2D eigenvalue weighted by molar-refractivity contribution is -0.296. The Morgan fingerprint density at radius 2 is 1.50 bits per heavy atom. The Balaban J connectivity index is 1.99. The second-order valence-electron chi connectivity index (χ2n) is 6.59. The van der Waals surface area contributed by atoms with E-state index in [0.717, 1.165) is 0 Å². The first-order valence-electron chi connectivity index (χ1n) is 8.21. The van der Waals surface area contributed by atoms with Gasteiger partial charge >= 0.3 is 0 Å². The average molecular weight is 318 g/mol. The minimum absolute atomic E-state index is 0.0281. The molecule has 2 aliphatic heterocycles. The van der Waals surface area contributed by atoms with Crippen molar-refractivity contribution in [2.45, 2.75) is 64.5 Å². The molecule has 8 atom stereocenters. The maximum Gasteiger partial charge on any atom is 0.158 e. The molecule has 0 radical (unpaired) electrons. The van der Waals surface area contributed by atoms with E-state index in [4.69, 9.17) is 18.9 Å². The standard InChI is InChI=1S/C16H30O6/c1-9-10(2)20-15(5-12(9)7-17)22-16-11(3)21-14(19-4)6-13(16)8-18/h9-18H,5-8H2,1-4H3. The van der Waals surface area contributed by atoms with Crippen molar-refractivity contribution in [3.63, 3.8) is 0 Å². The Hall–Kier alpha value is -0.240. The van der Waals surface area contributed by atoms with Gasteiger partial charge in [0.25, 0.3) is 0 Å². The fourth-order valence-electron chi connectivity index (χ4n) is 3.46. The van der Waals surface area contributed by atoms with Gasteiger partial charge in [-0.1, -0.05) is 6.92 Å². The molecule has 2 fully saturated rings. The quantitative estimate of drug-likeness (QED) is 0.791. The molecule has 2 heterocycles. The maximum atomic E-state index is 9.64. The first kappa shape index (κ1) is 18.1. The Bertz CT molecular complexity index is 339. The van der Waals surface area contributed by atoms with Gasteiger partial charge in [0.1, 0.15) is 0 Å². The molecule has 0 aromatic heterocycles. The molecule has 0 spiro atoms. The fraction of sp³-hybridized carbons (Fsp3) is 1.00. The third-order valence-electron chi connectivity index (χ3n) is 5.18. The van der Waals surface area contributed by atoms with E-state index >= 15 is 0 Å². The third kappa shape index (κ3) is 3.99. The van der Waals surface area contributed by atoms with E-state index in [1.54, 1.807) is 7.11 Å². The molecule has 0 amide bonds. The van der Waals surface area contributed by atoms with Crippen molar-refractivity contribution in [1.29, 1.82) is 0 Å². The molecule has 0 aliphatic carbocycles. The number of rotatable bonds is 5. The van der Waals surface area contributed by atoms with Crippen LogP contribution in [0.1, 0.15) is 33.6 Å². The molecule has 8 unspecified atom stereocenters. The van der Waals surface area contributed by atoms with Gasteiger partial charge in [0.2, 0.25) is 0 Å². The number of aliphatic hydroxyl groups is 2. The first-order valence-corrected chi connectivity index (χ1v) is 8.21. The van der Waals surface area contributed by atoms with Gasteiger partial charge in [-0.3, -0.25) is 0 Å². The van der Waals surface area contributed by atoms with E-state index in [2.05, 4.69) is 6.92 Å². The van der Waals surface area contributed by atoms with Gasteiger partial charge < -0.3 is 29.2 Å². The van der Waals surface area contributed by atoms with Crippen molar-refractivity contribution in [1.82, 2.24) is 0 Å². The number of methoxy groups -OCH3 is 1. The van der Waals surface area contributed by atoms with Gasteiger partial charge in [-0.2, -0.15) is 0 Å². The topological polar surface area (TPSA) is 77.4 Å². The molecule has 0 aromatic rings. The number of ether oxygens (including phenoxy) is 4. The van der Waals surface area contributed by atoms with Crippen molar-refractivity contribution in [3.8, 4) is 0 Å². The molecule has 6 nitrogen and oxygen atoms in total. The molecule has 2 rings (SSSR count). The summed E-state index contributed by atoms with van der Waals surface area (Å²) in [6.45, 7) is 6.19. The van der Waals surface area contributed by atoms with Crippen LogP contribution in [-0.2, 0) is 18.9 Å². The smallest absolute Gasteiger partial charge is 0.158 e. The minimum Gasteiger partial charge on any atom is -0.396 e. The zero-order valence-electron chi connectivity index (χ0n) is 14.0. The molecular weight excluding hydrogens is 288 g/mol. The Morgan fingerprint density at radius 1 is 0.909 bits per heavy atom. The molecular formula is C16H30O6. The first-order chi connectivity index (χ1) is 10.5. The molecule has 22 heavy (non-hydrogen) atoms. The summed E-state index contributed by atoms with van der Waals surface area (Å²) >= 11 is 0. The van der Waals surface area contributed by atoms with Crippen LogP contribution in [0.3, 0.4) is 0 Å². The van der Waals surface area contributed by atoms with Gasteiger partial charge in [0.15, 0.2) is 12.6 Å². The summed E-state index contributed by atoms with van der Waals surface area (Å²) in [7, 11) is 1.60. The second-order valence-corrected chi connectivity index (χ2v) is 6.59. The largest absolute Gasteiger partial charge is 0.396 e. The van der Waals surface area contributed by atoms with E-state index in [1.807, 2.05) is 13.8 Å². The predicted molar refractivity (Wildman–Crippen MR) is 80.1 cm³/mol. The number of aliphatic hydroxyl groups excluding tert-OH is 2. The van der Waals surface area contributed by atoms with Crippen molar-refractivity contribution >= 4 is 0 Å². The van der Waals surface area contributed by atoms with Crippen LogP contribution in [0.15, 0.2) is 0 Å². The van der Waals surface area contributed by atoms with E-state index in [-0.39, 0.29) is 55.9 Å². The van der Waals surface area contributed by atoms with Crippen LogP contribution in [0.25, 0.3) is 0 Å². The van der Waals surface area contributed by atoms with E-state index in [9.17, 15) is 10.2 Å². The summed E-state index contributed by atoms with van der Waals surface area (Å²) in [6, 6.07) is 0. The molecule has 0 bridgehead atoms. The second kappa shape index (κ2) is 8.04. The lowest BCUT2D eigenvalue weighted by Gasteiger charge is -2.44. The van der Waals surface area contributed by atoms with Gasteiger partial charge in [-0.25, -0.2) is 0 Å². The number of hydrogen-bond acceptors (Lipinski definition) is 6. The summed E-state index contributed by atoms with van der Waals surface area (Å²) < 4.78 is 23.0. The van der Waals surface area contributed by atoms with Crippen LogP contribution in [0.2, 0.25) is 0 Å². The molecule has 2 N–H and O–H groups in total. The lowest BCUT2D eigenvalue weighted by atomic mass is 9.85. The van der Waals surface area contributed by atoms with E-state index in [0.29, 0.717) is 18.8 Å². The normalized spacial score (nSPS) is 46.6. The van der Waals surface area contributed by atoms with Crippen LogP contribution in [0, 0.1) is 17.8 Å². The Morgan fingerprint density at radius 3 is 2.09 bits per heavy atom. The summed E-state index contributed by atoms with van der Waals surface area (Å²) in [5, 5.41) is 19.2. The highest BCUT2D eigenvalue weighted by molar-refractivity contribution is 4.84. The predicted octanol–water partition coefficient (Wildman–Crippen LogP) is 1.14. The summed E-state index contributed by atoms with van der Waals surface area (Å²) in [4.78, 5) is 0. The highest BCUT2D eigenvalue weighted by Gasteiger charge is 2.41. The Kier molecular flexibility index (Phi) is 6.61. The lowest BCUT2D eigenvalue weighted by Crippen LogP contribution is -2.50. The molecule has 0 saturated carbocycles. The van der Waals surface area contributed by atoms with Crippen LogP contribution < -0.4 is 0 Å². The van der Waals surface area contributed by atoms with Crippen molar-refractivity contribution in [3.05, 3.63) is 0 Å². The van der Waals surface area contributed by atoms with Crippen LogP contribution in [0.4, 0.5) is 0 Å². The minimum atomic E-state index is -0.368. The molecule has 6 heteroatoms. The van der Waals surface area contributed by atoms with Gasteiger partial charge in [-0.05, 0) is 25.7 Å². The summed E-state index contributed by atoms with van der Waals surface area (Å²) in [5.41, 5.74) is 0. The highest BCUT2D eigenvalue weighted by Crippen LogP contribution is 2.34. The van der Waals surface area contributed by atoms with Crippen molar-refractivity contribution < 1.29 is 29.2 Å². The van der Waals surface area contributed by atoms with Crippen molar-refractivity contribution in [2.75, 3.05) is 20.3 Å². The van der Waals surface area contributed by atoms with Gasteiger partial charge in [0, 0.05) is 39.1 Å². The highest BCUT2D eigenvalue weighted by atomic mass is 16.7. The van der Waals surface area contributed by atoms with Crippen LogP contribution in [-0.4, -0.2) is 61.4 Å². The van der Waals surface area contributed by atoms with Crippen LogP contribution >= 0.6 is 0 Å². The summed E-state index contributed by atoms with van der Waals surface area (Å²) in [6.07, 6.45) is 0.218. The number of hydrogen-bond donors (Lipinski definition) is 2. The molecule has 2 aliphatic rings. The third-order valence-corrected chi connectivity index (χ3v) is 5.18. The average Bonchev–Trinajstić information content (AvgIpc) is 2.52. The van der Waals surface area contributed by atoms with Crippen LogP contribution in [0.5, 0.6) is 0 Å². The summed E-state index contributed by atoms with van der Waals surface area (Å²) in [5.74, 6) is 0.434. The van der Waals surface area contributed by atoms with E-state index in [1.165, 1.54) is 0 Å². The Labute approximate surface area is 132 Å². The van der Waals surface area contributed by atoms with Gasteiger partial charge in [0.05, 0.1) is 18.3 Å². The zero-order chi connectivity index (χ0) is 16.3. The molecule has 0 aromatic carbocycles. The maximum absolute atomic E-state index is 9.64. The van der Waals surface area contributed by atoms with E-state index < -0.39 is 0 Å². The molecule has 130 valence electrons. The van der Waals surface area contributed by atoms with Gasteiger partial charge in [-0.15, -0.1) is 0 Å². The monoisotopic (exact) mass is 318 g/mol. The molecule has 2 saturated heterocycles. The van der Waals surface area contributed by atoms with Crippen molar-refractivity contribution in [2.24, 2.45) is 17.8 Å². The zero-order valence-corrected chi connectivity index (χ0v) is 14.0. The fourth-order valence-corrected chi connectivity index (χ4v) is 3.46.